The molecule has 4 aliphatic carbocycles. The van der Waals surface area contributed by atoms with E-state index in [0.29, 0.717) is 5.41 Å². The highest BCUT2D eigenvalue weighted by Gasteiger charge is 2.50. The Morgan fingerprint density at radius 3 is 2.29 bits per heavy atom. The summed E-state index contributed by atoms with van der Waals surface area (Å²) in [5.74, 6) is 2.72. The fourth-order valence-electron chi connectivity index (χ4n) is 7.21. The summed E-state index contributed by atoms with van der Waals surface area (Å²) < 4.78 is 0. The first kappa shape index (κ1) is 18.4. The maximum absolute atomic E-state index is 12.9. The van der Waals surface area contributed by atoms with Crippen LogP contribution in [-0.4, -0.2) is 24.4 Å². The molecule has 1 aromatic rings. The SMILES string of the molecule is Cc1ccc(N2C(=O)C[C@H](NCCC34CC5CC(CC(C5)C3)C4)C2=O)c(C)c1. The second kappa shape index (κ2) is 6.69. The number of rotatable bonds is 5. The first-order valence-electron chi connectivity index (χ1n) is 11.1. The minimum atomic E-state index is -0.359. The molecule has 1 N–H and O–H groups in total. The first-order chi connectivity index (χ1) is 13.4. The van der Waals surface area contributed by atoms with Gasteiger partial charge in [0, 0.05) is 0 Å². The van der Waals surface area contributed by atoms with Gasteiger partial charge in [0.05, 0.1) is 18.2 Å². The van der Waals surface area contributed by atoms with Crippen molar-refractivity contribution in [1.29, 1.82) is 0 Å². The lowest BCUT2D eigenvalue weighted by Crippen LogP contribution is -2.48. The Labute approximate surface area is 168 Å². The van der Waals surface area contributed by atoms with E-state index in [9.17, 15) is 9.59 Å². The molecule has 1 saturated heterocycles. The Morgan fingerprint density at radius 1 is 1.04 bits per heavy atom. The summed E-state index contributed by atoms with van der Waals surface area (Å²) in [4.78, 5) is 26.9. The van der Waals surface area contributed by atoms with Gasteiger partial charge in [-0.05, 0) is 100 Å². The van der Waals surface area contributed by atoms with Crippen LogP contribution in [0.1, 0.15) is 62.5 Å². The fraction of sp³-hybridized carbons (Fsp3) is 0.667. The van der Waals surface area contributed by atoms with Gasteiger partial charge < -0.3 is 5.32 Å². The molecule has 1 heterocycles. The highest BCUT2D eigenvalue weighted by molar-refractivity contribution is 6.22. The molecule has 4 bridgehead atoms. The van der Waals surface area contributed by atoms with E-state index in [0.717, 1.165) is 47.5 Å². The van der Waals surface area contributed by atoms with Crippen LogP contribution in [0.25, 0.3) is 0 Å². The minimum absolute atomic E-state index is 0.0794. The van der Waals surface area contributed by atoms with Gasteiger partial charge in [0.2, 0.25) is 5.91 Å². The largest absolute Gasteiger partial charge is 0.305 e. The van der Waals surface area contributed by atoms with Crippen molar-refractivity contribution in [3.8, 4) is 0 Å². The lowest BCUT2D eigenvalue weighted by Gasteiger charge is -2.57. The Morgan fingerprint density at radius 2 is 1.68 bits per heavy atom. The van der Waals surface area contributed by atoms with E-state index < -0.39 is 0 Å². The average Bonchev–Trinajstić information content (AvgIpc) is 2.88. The Kier molecular flexibility index (Phi) is 4.38. The van der Waals surface area contributed by atoms with Crippen LogP contribution in [-0.2, 0) is 9.59 Å². The van der Waals surface area contributed by atoms with Crippen molar-refractivity contribution in [1.82, 2.24) is 5.32 Å². The number of nitrogens with one attached hydrogen (secondary N) is 1. The maximum atomic E-state index is 12.9. The highest BCUT2D eigenvalue weighted by atomic mass is 16.2. The summed E-state index contributed by atoms with van der Waals surface area (Å²) >= 11 is 0. The van der Waals surface area contributed by atoms with Crippen LogP contribution in [0.5, 0.6) is 0 Å². The van der Waals surface area contributed by atoms with E-state index in [-0.39, 0.29) is 24.3 Å². The molecule has 28 heavy (non-hydrogen) atoms. The first-order valence-corrected chi connectivity index (χ1v) is 11.1. The third kappa shape index (κ3) is 3.10. The maximum Gasteiger partial charge on any atom is 0.251 e. The summed E-state index contributed by atoms with van der Waals surface area (Å²) in [5.41, 5.74) is 3.38. The summed E-state index contributed by atoms with van der Waals surface area (Å²) in [6.07, 6.45) is 10.0. The minimum Gasteiger partial charge on any atom is -0.305 e. The summed E-state index contributed by atoms with van der Waals surface area (Å²) in [6, 6.07) is 5.54. The number of nitrogens with zero attached hydrogens (tertiary/aromatic N) is 1. The van der Waals surface area contributed by atoms with Gasteiger partial charge >= 0.3 is 0 Å². The van der Waals surface area contributed by atoms with Gasteiger partial charge in [0.25, 0.3) is 5.91 Å². The highest BCUT2D eigenvalue weighted by Crippen LogP contribution is 2.61. The van der Waals surface area contributed by atoms with E-state index in [1.54, 1.807) is 0 Å². The van der Waals surface area contributed by atoms with Crippen LogP contribution >= 0.6 is 0 Å². The number of carbonyl (C=O) groups excluding carboxylic acids is 2. The normalized spacial score (nSPS) is 36.6. The predicted molar refractivity (Wildman–Crippen MR) is 110 cm³/mol. The quantitative estimate of drug-likeness (QED) is 0.782. The van der Waals surface area contributed by atoms with Crippen LogP contribution < -0.4 is 10.2 Å². The molecule has 0 aromatic heterocycles. The van der Waals surface area contributed by atoms with Crippen molar-refractivity contribution in [2.45, 2.75) is 71.3 Å². The third-order valence-corrected chi connectivity index (χ3v) is 7.95. The molecule has 4 heteroatoms. The average molecular weight is 381 g/mol. The van der Waals surface area contributed by atoms with E-state index >= 15 is 0 Å². The van der Waals surface area contributed by atoms with Crippen LogP contribution in [0.4, 0.5) is 5.69 Å². The van der Waals surface area contributed by atoms with Crippen LogP contribution in [0.3, 0.4) is 0 Å². The molecule has 5 aliphatic rings. The van der Waals surface area contributed by atoms with Gasteiger partial charge in [-0.15, -0.1) is 0 Å². The topological polar surface area (TPSA) is 49.4 Å². The molecule has 0 unspecified atom stereocenters. The van der Waals surface area contributed by atoms with Crippen molar-refractivity contribution in [3.63, 3.8) is 0 Å². The van der Waals surface area contributed by atoms with Crippen molar-refractivity contribution >= 4 is 17.5 Å². The number of aryl methyl sites for hydroxylation is 2. The summed E-state index contributed by atoms with van der Waals surface area (Å²) in [6.45, 7) is 4.85. The summed E-state index contributed by atoms with van der Waals surface area (Å²) in [5, 5.41) is 3.46. The van der Waals surface area contributed by atoms with Gasteiger partial charge in [-0.2, -0.15) is 0 Å². The van der Waals surface area contributed by atoms with Crippen molar-refractivity contribution in [2.75, 3.05) is 11.4 Å². The monoisotopic (exact) mass is 380 g/mol. The predicted octanol–water partition coefficient (Wildman–Crippen LogP) is 4.13. The van der Waals surface area contributed by atoms with Gasteiger partial charge in [0.15, 0.2) is 0 Å². The molecule has 5 fully saturated rings. The van der Waals surface area contributed by atoms with Gasteiger partial charge in [-0.25, -0.2) is 4.90 Å². The molecule has 6 rings (SSSR count). The zero-order chi connectivity index (χ0) is 19.5. The van der Waals surface area contributed by atoms with E-state index in [1.807, 2.05) is 32.0 Å². The number of imide groups is 1. The van der Waals surface area contributed by atoms with Crippen LogP contribution in [0.15, 0.2) is 18.2 Å². The van der Waals surface area contributed by atoms with E-state index in [2.05, 4.69) is 5.32 Å². The number of benzene rings is 1. The van der Waals surface area contributed by atoms with Crippen molar-refractivity contribution < 1.29 is 9.59 Å². The second-order valence-electron chi connectivity index (χ2n) is 10.2. The lowest BCUT2D eigenvalue weighted by molar-refractivity contribution is -0.121. The molecule has 0 spiro atoms. The Balaban J connectivity index is 1.22. The zero-order valence-electron chi connectivity index (χ0n) is 17.2. The molecule has 150 valence electrons. The number of anilines is 1. The van der Waals surface area contributed by atoms with Crippen LogP contribution in [0.2, 0.25) is 0 Å². The molecular formula is C24H32N2O2. The number of amides is 2. The Hall–Kier alpha value is -1.68. The van der Waals surface area contributed by atoms with Crippen molar-refractivity contribution in [3.05, 3.63) is 29.3 Å². The molecule has 0 radical (unpaired) electrons. The fourth-order valence-corrected chi connectivity index (χ4v) is 7.21. The summed E-state index contributed by atoms with van der Waals surface area (Å²) in [7, 11) is 0. The van der Waals surface area contributed by atoms with Gasteiger partial charge in [-0.1, -0.05) is 17.7 Å². The van der Waals surface area contributed by atoms with E-state index in [1.165, 1.54) is 43.4 Å². The molecule has 1 aromatic carbocycles. The second-order valence-corrected chi connectivity index (χ2v) is 10.2. The zero-order valence-corrected chi connectivity index (χ0v) is 17.2. The lowest BCUT2D eigenvalue weighted by atomic mass is 9.49. The van der Waals surface area contributed by atoms with Crippen LogP contribution in [0, 0.1) is 37.0 Å². The molecule has 4 saturated carbocycles. The Bertz CT molecular complexity index is 780. The van der Waals surface area contributed by atoms with E-state index in [4.69, 9.17) is 0 Å². The smallest absolute Gasteiger partial charge is 0.251 e. The number of carbonyl (C=O) groups is 2. The molecule has 1 atom stereocenters. The van der Waals surface area contributed by atoms with Crippen molar-refractivity contribution in [2.24, 2.45) is 23.2 Å². The van der Waals surface area contributed by atoms with Gasteiger partial charge in [-0.3, -0.25) is 9.59 Å². The molecule has 2 amide bonds. The standard InChI is InChI=1S/C24H32N2O2/c1-15-3-4-21(16(2)7-15)26-22(27)11-20(23(26)28)25-6-5-24-12-17-8-18(13-24)10-19(9-17)14-24/h3-4,7,17-20,25H,5-6,8-14H2,1-2H3/t17?,18?,19?,20-,24?/m0/s1. The molecule has 4 nitrogen and oxygen atoms in total. The number of hydrogen-bond donors (Lipinski definition) is 1. The van der Waals surface area contributed by atoms with Gasteiger partial charge in [0.1, 0.15) is 0 Å². The third-order valence-electron chi connectivity index (χ3n) is 7.95. The number of hydrogen-bond acceptors (Lipinski definition) is 3. The molecule has 1 aliphatic heterocycles. The molecular weight excluding hydrogens is 348 g/mol.